The number of methoxy groups -OCH3 is 1. The average molecular weight is 336 g/mol. The summed E-state index contributed by atoms with van der Waals surface area (Å²) >= 11 is 0. The minimum atomic E-state index is -3.05. The highest BCUT2D eigenvalue weighted by Gasteiger charge is 2.37. The van der Waals surface area contributed by atoms with E-state index in [1.807, 2.05) is 36.4 Å². The highest BCUT2D eigenvalue weighted by molar-refractivity contribution is 7.91. The Labute approximate surface area is 135 Å². The first-order chi connectivity index (χ1) is 11.1. The zero-order valence-electron chi connectivity index (χ0n) is 12.9. The Morgan fingerprint density at radius 2 is 1.91 bits per heavy atom. The van der Waals surface area contributed by atoms with Crippen LogP contribution in [0.15, 0.2) is 47.1 Å². The highest BCUT2D eigenvalue weighted by Crippen LogP contribution is 2.21. The summed E-state index contributed by atoms with van der Waals surface area (Å²) in [6.07, 6.45) is 1.61. The zero-order valence-corrected chi connectivity index (χ0v) is 13.7. The summed E-state index contributed by atoms with van der Waals surface area (Å²) in [5, 5.41) is 6.57. The van der Waals surface area contributed by atoms with E-state index < -0.39 is 9.84 Å². The number of furan rings is 1. The van der Waals surface area contributed by atoms with Crippen LogP contribution in [-0.2, 0) is 16.4 Å². The van der Waals surface area contributed by atoms with Gasteiger partial charge in [0.25, 0.3) is 0 Å². The highest BCUT2D eigenvalue weighted by atomic mass is 32.2. The molecule has 124 valence electrons. The molecule has 0 aliphatic carbocycles. The Hall–Kier alpha value is -1.99. The van der Waals surface area contributed by atoms with Gasteiger partial charge < -0.3 is 19.8 Å². The van der Waals surface area contributed by atoms with Gasteiger partial charge in [-0.1, -0.05) is 0 Å². The molecule has 1 aromatic carbocycles. The van der Waals surface area contributed by atoms with Crippen LogP contribution in [0, 0.1) is 0 Å². The lowest BCUT2D eigenvalue weighted by molar-refractivity contribution is 0.415. The summed E-state index contributed by atoms with van der Waals surface area (Å²) in [4.78, 5) is 0. The van der Waals surface area contributed by atoms with Gasteiger partial charge in [0.2, 0.25) is 0 Å². The second-order valence-electron chi connectivity index (χ2n) is 5.62. The van der Waals surface area contributed by atoms with E-state index in [2.05, 4.69) is 10.6 Å². The lowest BCUT2D eigenvalue weighted by Gasteiger charge is -2.21. The summed E-state index contributed by atoms with van der Waals surface area (Å²) < 4.78 is 34.4. The van der Waals surface area contributed by atoms with Crippen molar-refractivity contribution >= 4 is 15.5 Å². The third-order valence-electron chi connectivity index (χ3n) is 3.91. The first-order valence-electron chi connectivity index (χ1n) is 7.42. The molecule has 3 rings (SSSR count). The van der Waals surface area contributed by atoms with E-state index >= 15 is 0 Å². The van der Waals surface area contributed by atoms with Crippen LogP contribution in [-0.4, -0.2) is 39.1 Å². The summed E-state index contributed by atoms with van der Waals surface area (Å²) in [6.45, 7) is 0.508. The molecule has 1 fully saturated rings. The first-order valence-corrected chi connectivity index (χ1v) is 9.25. The first kappa shape index (κ1) is 15.9. The number of rotatable bonds is 6. The molecule has 1 aliphatic heterocycles. The maximum absolute atomic E-state index is 12.0. The Bertz CT molecular complexity index is 726. The lowest BCUT2D eigenvalue weighted by Crippen LogP contribution is -2.42. The molecular formula is C16H20N2O4S. The predicted molar refractivity (Wildman–Crippen MR) is 88.4 cm³/mol. The average Bonchev–Trinajstić information content (AvgIpc) is 3.13. The molecule has 2 heterocycles. The van der Waals surface area contributed by atoms with Crippen molar-refractivity contribution in [1.29, 1.82) is 0 Å². The van der Waals surface area contributed by atoms with Gasteiger partial charge in [0.1, 0.15) is 11.5 Å². The van der Waals surface area contributed by atoms with Crippen LogP contribution >= 0.6 is 0 Å². The zero-order chi connectivity index (χ0) is 16.3. The molecule has 0 spiro atoms. The number of hydrogen-bond donors (Lipinski definition) is 2. The summed E-state index contributed by atoms with van der Waals surface area (Å²) in [7, 11) is -1.44. The molecule has 0 radical (unpaired) electrons. The molecular weight excluding hydrogens is 316 g/mol. The van der Waals surface area contributed by atoms with Gasteiger partial charge >= 0.3 is 0 Å². The van der Waals surface area contributed by atoms with Crippen molar-refractivity contribution in [2.75, 3.05) is 23.9 Å². The summed E-state index contributed by atoms with van der Waals surface area (Å²) in [5.41, 5.74) is 0.873. The van der Waals surface area contributed by atoms with Gasteiger partial charge in [-0.05, 0) is 36.4 Å². The fourth-order valence-electron chi connectivity index (χ4n) is 2.74. The summed E-state index contributed by atoms with van der Waals surface area (Å²) in [6, 6.07) is 10.8. The predicted octanol–water partition coefficient (Wildman–Crippen LogP) is 1.66. The van der Waals surface area contributed by atoms with Crippen LogP contribution in [0.5, 0.6) is 5.75 Å². The standard InChI is InChI=1S/C16H20N2O4S/c1-21-13-6-4-12(5-7-13)18-16-11-23(19,20)10-15(16)17-9-14-3-2-8-22-14/h2-8,15-18H,9-11H2,1H3/t15-,16+/m0/s1. The van der Waals surface area contributed by atoms with Gasteiger partial charge in [0.15, 0.2) is 9.84 Å². The third-order valence-corrected chi connectivity index (χ3v) is 5.65. The van der Waals surface area contributed by atoms with Crippen LogP contribution < -0.4 is 15.4 Å². The molecule has 1 aromatic heterocycles. The SMILES string of the molecule is COc1ccc(N[C@@H]2CS(=O)(=O)C[C@@H]2NCc2ccco2)cc1. The van der Waals surface area contributed by atoms with E-state index in [0.29, 0.717) is 6.54 Å². The largest absolute Gasteiger partial charge is 0.497 e. The molecule has 1 aliphatic rings. The van der Waals surface area contributed by atoms with Gasteiger partial charge in [-0.2, -0.15) is 0 Å². The van der Waals surface area contributed by atoms with Gasteiger partial charge in [-0.3, -0.25) is 0 Å². The molecule has 1 saturated heterocycles. The van der Waals surface area contributed by atoms with E-state index in [9.17, 15) is 8.42 Å². The second kappa shape index (κ2) is 6.64. The molecule has 7 heteroatoms. The van der Waals surface area contributed by atoms with Gasteiger partial charge in [-0.15, -0.1) is 0 Å². The van der Waals surface area contributed by atoms with Crippen molar-refractivity contribution in [3.8, 4) is 5.75 Å². The van der Waals surface area contributed by atoms with Crippen molar-refractivity contribution in [3.05, 3.63) is 48.4 Å². The Morgan fingerprint density at radius 3 is 2.57 bits per heavy atom. The molecule has 0 bridgehead atoms. The van der Waals surface area contributed by atoms with E-state index in [1.165, 1.54) is 0 Å². The maximum Gasteiger partial charge on any atom is 0.153 e. The smallest absolute Gasteiger partial charge is 0.153 e. The maximum atomic E-state index is 12.0. The lowest BCUT2D eigenvalue weighted by atomic mass is 10.1. The van der Waals surface area contributed by atoms with Crippen LogP contribution in [0.25, 0.3) is 0 Å². The minimum Gasteiger partial charge on any atom is -0.497 e. The second-order valence-corrected chi connectivity index (χ2v) is 7.78. The number of benzene rings is 1. The number of nitrogens with one attached hydrogen (secondary N) is 2. The van der Waals surface area contributed by atoms with Crippen molar-refractivity contribution < 1.29 is 17.6 Å². The van der Waals surface area contributed by atoms with Crippen LogP contribution in [0.1, 0.15) is 5.76 Å². The molecule has 2 N–H and O–H groups in total. The minimum absolute atomic E-state index is 0.120. The van der Waals surface area contributed by atoms with E-state index in [0.717, 1.165) is 17.2 Å². The molecule has 2 aromatic rings. The van der Waals surface area contributed by atoms with Gasteiger partial charge in [-0.25, -0.2) is 8.42 Å². The molecule has 0 unspecified atom stereocenters. The normalized spacial score (nSPS) is 22.8. The van der Waals surface area contributed by atoms with Gasteiger partial charge in [0.05, 0.1) is 37.5 Å². The van der Waals surface area contributed by atoms with Crippen molar-refractivity contribution in [2.45, 2.75) is 18.6 Å². The Kier molecular flexibility index (Phi) is 4.58. The fraction of sp³-hybridized carbons (Fsp3) is 0.375. The van der Waals surface area contributed by atoms with Crippen molar-refractivity contribution in [1.82, 2.24) is 5.32 Å². The molecule has 0 amide bonds. The Morgan fingerprint density at radius 1 is 1.17 bits per heavy atom. The third kappa shape index (κ3) is 4.05. The quantitative estimate of drug-likeness (QED) is 0.835. The van der Waals surface area contributed by atoms with Crippen LogP contribution in [0.2, 0.25) is 0 Å². The molecule has 0 saturated carbocycles. The number of anilines is 1. The van der Waals surface area contributed by atoms with Gasteiger partial charge in [0, 0.05) is 11.7 Å². The molecule has 23 heavy (non-hydrogen) atoms. The van der Waals surface area contributed by atoms with Crippen molar-refractivity contribution in [3.63, 3.8) is 0 Å². The number of sulfone groups is 1. The van der Waals surface area contributed by atoms with E-state index in [-0.39, 0.29) is 23.6 Å². The molecule has 2 atom stereocenters. The van der Waals surface area contributed by atoms with Crippen LogP contribution in [0.4, 0.5) is 5.69 Å². The fourth-order valence-corrected chi connectivity index (χ4v) is 4.63. The van der Waals surface area contributed by atoms with E-state index in [1.54, 1.807) is 13.4 Å². The van der Waals surface area contributed by atoms with Crippen LogP contribution in [0.3, 0.4) is 0 Å². The summed E-state index contributed by atoms with van der Waals surface area (Å²) in [5.74, 6) is 1.80. The van der Waals surface area contributed by atoms with Crippen molar-refractivity contribution in [2.24, 2.45) is 0 Å². The number of ether oxygens (including phenoxy) is 1. The number of hydrogen-bond acceptors (Lipinski definition) is 6. The molecule has 6 nitrogen and oxygen atoms in total. The Balaban J connectivity index is 1.66. The monoisotopic (exact) mass is 336 g/mol. The topological polar surface area (TPSA) is 80.6 Å². The van der Waals surface area contributed by atoms with E-state index in [4.69, 9.17) is 9.15 Å².